The first kappa shape index (κ1) is 12.9. The third kappa shape index (κ3) is 2.33. The molecule has 6 heteroatoms. The number of carbonyl (C=O) groups is 1. The number of aromatic nitrogens is 2. The molecule has 1 aliphatic rings. The lowest BCUT2D eigenvalue weighted by Crippen LogP contribution is -2.37. The monoisotopic (exact) mass is 251 g/mol. The maximum atomic E-state index is 11.5. The molecule has 1 aromatic rings. The van der Waals surface area contributed by atoms with Crippen molar-refractivity contribution in [2.45, 2.75) is 25.8 Å². The number of likely N-dealkylation sites (N-methyl/N-ethyl adjacent to an activating group) is 1. The van der Waals surface area contributed by atoms with Crippen LogP contribution < -0.4 is 16.0 Å². The molecule has 2 rings (SSSR count). The zero-order valence-electron chi connectivity index (χ0n) is 11.2. The van der Waals surface area contributed by atoms with Gasteiger partial charge in [0.15, 0.2) is 0 Å². The fourth-order valence-corrected chi connectivity index (χ4v) is 2.70. The highest BCUT2D eigenvalue weighted by Crippen LogP contribution is 2.22. The fraction of sp³-hybridized carbons (Fsp3) is 0.667. The molecule has 0 aliphatic carbocycles. The van der Waals surface area contributed by atoms with Gasteiger partial charge in [0.1, 0.15) is 11.4 Å². The summed E-state index contributed by atoms with van der Waals surface area (Å²) in [6.45, 7) is 3.75. The van der Waals surface area contributed by atoms with Gasteiger partial charge in [0.25, 0.3) is 5.91 Å². The van der Waals surface area contributed by atoms with E-state index in [0.29, 0.717) is 17.3 Å². The molecule has 1 amide bonds. The number of aryl methyl sites for hydroxylation is 2. The number of anilines is 1. The highest BCUT2D eigenvalue weighted by Gasteiger charge is 2.23. The van der Waals surface area contributed by atoms with Crippen LogP contribution in [0.3, 0.4) is 0 Å². The summed E-state index contributed by atoms with van der Waals surface area (Å²) in [4.78, 5) is 13.6. The molecule has 0 bridgehead atoms. The van der Waals surface area contributed by atoms with Crippen LogP contribution in [0.4, 0.5) is 5.82 Å². The molecule has 3 N–H and O–H groups in total. The number of hydrogen-bond acceptors (Lipinski definition) is 4. The van der Waals surface area contributed by atoms with E-state index in [-0.39, 0.29) is 0 Å². The molecule has 0 saturated carbocycles. The Kier molecular flexibility index (Phi) is 3.56. The van der Waals surface area contributed by atoms with Crippen LogP contribution in [0.5, 0.6) is 0 Å². The third-order valence-corrected chi connectivity index (χ3v) is 3.46. The average molecular weight is 251 g/mol. The second-order valence-corrected chi connectivity index (χ2v) is 4.95. The number of nitrogens with two attached hydrogens (primary N) is 1. The molecule has 1 atom stereocenters. The third-order valence-electron chi connectivity index (χ3n) is 3.46. The Labute approximate surface area is 107 Å². The van der Waals surface area contributed by atoms with E-state index in [1.165, 1.54) is 12.8 Å². The molecule has 0 aromatic carbocycles. The van der Waals surface area contributed by atoms with Gasteiger partial charge in [0.05, 0.1) is 5.69 Å². The van der Waals surface area contributed by atoms with Crippen LogP contribution in [-0.2, 0) is 7.05 Å². The largest absolute Gasteiger partial charge is 0.365 e. The van der Waals surface area contributed by atoms with Crippen molar-refractivity contribution in [3.05, 3.63) is 11.3 Å². The molecular weight excluding hydrogens is 230 g/mol. The summed E-state index contributed by atoms with van der Waals surface area (Å²) >= 11 is 0. The molecule has 0 spiro atoms. The average Bonchev–Trinajstić information content (AvgIpc) is 2.85. The molecule has 18 heavy (non-hydrogen) atoms. The number of primary amides is 1. The zero-order chi connectivity index (χ0) is 13.3. The number of carbonyl (C=O) groups excluding carboxylic acids is 1. The topological polar surface area (TPSA) is 76.2 Å². The Morgan fingerprint density at radius 2 is 2.39 bits per heavy atom. The normalized spacial score (nSPS) is 19.2. The highest BCUT2D eigenvalue weighted by molar-refractivity contribution is 5.99. The first-order chi connectivity index (χ1) is 8.50. The van der Waals surface area contributed by atoms with Gasteiger partial charge in [-0.05, 0) is 26.3 Å². The molecule has 1 saturated heterocycles. The first-order valence-electron chi connectivity index (χ1n) is 6.28. The van der Waals surface area contributed by atoms with Crippen molar-refractivity contribution in [2.24, 2.45) is 12.8 Å². The van der Waals surface area contributed by atoms with E-state index in [4.69, 9.17) is 5.73 Å². The second kappa shape index (κ2) is 4.97. The fourth-order valence-electron chi connectivity index (χ4n) is 2.70. The van der Waals surface area contributed by atoms with Crippen LogP contribution >= 0.6 is 0 Å². The van der Waals surface area contributed by atoms with Crippen molar-refractivity contribution < 1.29 is 4.79 Å². The van der Waals surface area contributed by atoms with Crippen LogP contribution in [-0.4, -0.2) is 41.9 Å². The number of rotatable bonds is 4. The molecule has 2 heterocycles. The van der Waals surface area contributed by atoms with E-state index >= 15 is 0 Å². The van der Waals surface area contributed by atoms with Crippen molar-refractivity contribution >= 4 is 11.7 Å². The van der Waals surface area contributed by atoms with Crippen LogP contribution in [0.15, 0.2) is 0 Å². The Hall–Kier alpha value is -1.56. The Bertz CT molecular complexity index is 448. The molecule has 1 aliphatic heterocycles. The summed E-state index contributed by atoms with van der Waals surface area (Å²) in [5, 5.41) is 7.73. The number of nitrogens with one attached hydrogen (secondary N) is 1. The second-order valence-electron chi connectivity index (χ2n) is 4.95. The van der Waals surface area contributed by atoms with E-state index in [1.807, 2.05) is 21.0 Å². The maximum Gasteiger partial charge on any atom is 0.254 e. The van der Waals surface area contributed by atoms with E-state index in [1.54, 1.807) is 4.68 Å². The summed E-state index contributed by atoms with van der Waals surface area (Å²) in [6, 6.07) is 0.478. The predicted molar refractivity (Wildman–Crippen MR) is 70.8 cm³/mol. The van der Waals surface area contributed by atoms with Gasteiger partial charge in [-0.1, -0.05) is 0 Å². The minimum Gasteiger partial charge on any atom is -0.365 e. The highest BCUT2D eigenvalue weighted by atomic mass is 16.1. The summed E-state index contributed by atoms with van der Waals surface area (Å²) in [5.74, 6) is 0.385. The molecule has 6 nitrogen and oxygen atoms in total. The molecule has 0 radical (unpaired) electrons. The lowest BCUT2D eigenvalue weighted by molar-refractivity contribution is 0.1000. The quantitative estimate of drug-likeness (QED) is 0.790. The van der Waals surface area contributed by atoms with Gasteiger partial charge < -0.3 is 16.0 Å². The smallest absolute Gasteiger partial charge is 0.254 e. The van der Waals surface area contributed by atoms with Crippen molar-refractivity contribution in [1.29, 1.82) is 0 Å². The Morgan fingerprint density at radius 3 is 2.94 bits per heavy atom. The predicted octanol–water partition coefficient (Wildman–Crippen LogP) is 0.0156. The van der Waals surface area contributed by atoms with Crippen LogP contribution in [0.25, 0.3) is 0 Å². The molecule has 100 valence electrons. The van der Waals surface area contributed by atoms with Crippen molar-refractivity contribution in [3.8, 4) is 0 Å². The summed E-state index contributed by atoms with van der Waals surface area (Å²) in [6.07, 6.45) is 2.39. The first-order valence-corrected chi connectivity index (χ1v) is 6.28. The van der Waals surface area contributed by atoms with Crippen LogP contribution in [0.2, 0.25) is 0 Å². The lowest BCUT2D eigenvalue weighted by atomic mass is 10.2. The molecule has 1 unspecified atom stereocenters. The maximum absolute atomic E-state index is 11.5. The summed E-state index contributed by atoms with van der Waals surface area (Å²) in [7, 11) is 3.82. The van der Waals surface area contributed by atoms with Crippen molar-refractivity contribution in [3.63, 3.8) is 0 Å². The van der Waals surface area contributed by atoms with Gasteiger partial charge in [-0.15, -0.1) is 0 Å². The van der Waals surface area contributed by atoms with Gasteiger partial charge in [-0.25, -0.2) is 0 Å². The Morgan fingerprint density at radius 1 is 1.67 bits per heavy atom. The van der Waals surface area contributed by atoms with E-state index in [9.17, 15) is 4.79 Å². The van der Waals surface area contributed by atoms with E-state index in [2.05, 4.69) is 15.3 Å². The van der Waals surface area contributed by atoms with Gasteiger partial charge in [-0.2, -0.15) is 5.10 Å². The standard InChI is InChI=1S/C12H21N5O/c1-8-10(11(13)18)12(17(3)15-8)16(2)7-9-5-4-6-14-9/h9,14H,4-7H2,1-3H3,(H2,13,18). The minimum absolute atomic E-state index is 0.415. The Balaban J connectivity index is 2.23. The molecule has 1 aromatic heterocycles. The zero-order valence-corrected chi connectivity index (χ0v) is 11.2. The summed E-state index contributed by atoms with van der Waals surface area (Å²) < 4.78 is 1.73. The van der Waals surface area contributed by atoms with E-state index in [0.717, 1.165) is 18.9 Å². The number of hydrogen-bond donors (Lipinski definition) is 2. The van der Waals surface area contributed by atoms with Gasteiger partial charge >= 0.3 is 0 Å². The van der Waals surface area contributed by atoms with Gasteiger partial charge in [0.2, 0.25) is 0 Å². The summed E-state index contributed by atoms with van der Waals surface area (Å²) in [5.41, 5.74) is 6.65. The minimum atomic E-state index is -0.415. The SMILES string of the molecule is Cc1nn(C)c(N(C)CC2CCCN2)c1C(N)=O. The molecular formula is C12H21N5O. The van der Waals surface area contributed by atoms with Crippen LogP contribution in [0, 0.1) is 6.92 Å². The van der Waals surface area contributed by atoms with Crippen LogP contribution in [0.1, 0.15) is 28.9 Å². The van der Waals surface area contributed by atoms with E-state index < -0.39 is 5.91 Å². The van der Waals surface area contributed by atoms with Crippen molar-refractivity contribution in [1.82, 2.24) is 15.1 Å². The van der Waals surface area contributed by atoms with Gasteiger partial charge in [0, 0.05) is 26.7 Å². The molecule has 1 fully saturated rings. The van der Waals surface area contributed by atoms with Crippen molar-refractivity contribution in [2.75, 3.05) is 25.0 Å². The lowest BCUT2D eigenvalue weighted by Gasteiger charge is -2.24. The number of nitrogens with zero attached hydrogens (tertiary/aromatic N) is 3. The van der Waals surface area contributed by atoms with Gasteiger partial charge in [-0.3, -0.25) is 9.48 Å². The number of amides is 1.